The highest BCUT2D eigenvalue weighted by Gasteiger charge is 2.32. The number of hydrogen-bond acceptors (Lipinski definition) is 6. The molecule has 0 aliphatic rings. The van der Waals surface area contributed by atoms with Crippen molar-refractivity contribution in [3.05, 3.63) is 85.5 Å². The number of aliphatic hydroxyl groups excluding tert-OH is 1. The van der Waals surface area contributed by atoms with Crippen LogP contribution in [0.25, 0.3) is 0 Å². The van der Waals surface area contributed by atoms with Crippen LogP contribution in [0.5, 0.6) is 5.75 Å². The third-order valence-corrected chi connectivity index (χ3v) is 6.49. The molecule has 8 nitrogen and oxygen atoms in total. The quantitative estimate of drug-likeness (QED) is 0.402. The molecule has 3 rings (SSSR count). The minimum absolute atomic E-state index is 0.0279. The first-order chi connectivity index (χ1) is 17.8. The molecule has 1 heterocycles. The normalized spacial score (nSPS) is 12.3. The molecule has 0 amide bonds. The molecule has 0 aliphatic carbocycles. The van der Waals surface area contributed by atoms with Crippen LogP contribution >= 0.6 is 11.6 Å². The number of aliphatic hydroxyl groups is 1. The molecule has 1 N–H and O–H groups in total. The Balaban J connectivity index is 2.11. The number of ether oxygens (including phenoxy) is 1. The SMILES string of the molecule is CC(c1cccc(OC(F)(F)F)c1)N(C)c1c(N(C)Cc2ccc(Cl)cc2)c(=O)n(CCCO)c(=O)n1C. The van der Waals surface area contributed by atoms with Crippen molar-refractivity contribution in [3.63, 3.8) is 0 Å². The van der Waals surface area contributed by atoms with Gasteiger partial charge in [0.25, 0.3) is 5.56 Å². The third-order valence-electron chi connectivity index (χ3n) is 6.24. The molecule has 1 atom stereocenters. The molecular weight excluding hydrogens is 525 g/mol. The van der Waals surface area contributed by atoms with Gasteiger partial charge in [0.05, 0.1) is 6.04 Å². The number of alkyl halides is 3. The van der Waals surface area contributed by atoms with E-state index in [0.29, 0.717) is 17.1 Å². The first-order valence-electron chi connectivity index (χ1n) is 11.8. The Kier molecular flexibility index (Phi) is 9.16. The van der Waals surface area contributed by atoms with Crippen molar-refractivity contribution in [1.29, 1.82) is 0 Å². The van der Waals surface area contributed by atoms with Crippen molar-refractivity contribution in [2.24, 2.45) is 7.05 Å². The highest BCUT2D eigenvalue weighted by Crippen LogP contribution is 2.33. The van der Waals surface area contributed by atoms with Gasteiger partial charge in [0.1, 0.15) is 17.3 Å². The van der Waals surface area contributed by atoms with E-state index in [4.69, 9.17) is 11.6 Å². The second-order valence-corrected chi connectivity index (χ2v) is 9.37. The summed E-state index contributed by atoms with van der Waals surface area (Å²) >= 11 is 6.00. The van der Waals surface area contributed by atoms with E-state index < -0.39 is 23.7 Å². The topological polar surface area (TPSA) is 79.9 Å². The summed E-state index contributed by atoms with van der Waals surface area (Å²) in [5, 5.41) is 9.84. The highest BCUT2D eigenvalue weighted by molar-refractivity contribution is 6.30. The van der Waals surface area contributed by atoms with Crippen molar-refractivity contribution in [2.45, 2.75) is 38.8 Å². The van der Waals surface area contributed by atoms with Crippen molar-refractivity contribution in [3.8, 4) is 5.75 Å². The Morgan fingerprint density at radius 1 is 1.11 bits per heavy atom. The van der Waals surface area contributed by atoms with Gasteiger partial charge in [0, 0.05) is 45.9 Å². The summed E-state index contributed by atoms with van der Waals surface area (Å²) in [4.78, 5) is 30.2. The summed E-state index contributed by atoms with van der Waals surface area (Å²) in [5.41, 5.74) is 0.455. The molecule has 206 valence electrons. The van der Waals surface area contributed by atoms with Gasteiger partial charge in [-0.1, -0.05) is 35.9 Å². The lowest BCUT2D eigenvalue weighted by atomic mass is 10.1. The van der Waals surface area contributed by atoms with Gasteiger partial charge in [0.2, 0.25) is 0 Å². The summed E-state index contributed by atoms with van der Waals surface area (Å²) in [6, 6.07) is 12.1. The van der Waals surface area contributed by atoms with Crippen LogP contribution in [0.1, 0.15) is 30.5 Å². The van der Waals surface area contributed by atoms with E-state index in [9.17, 15) is 27.9 Å². The lowest BCUT2D eigenvalue weighted by Crippen LogP contribution is -2.45. The fourth-order valence-electron chi connectivity index (χ4n) is 4.23. The van der Waals surface area contributed by atoms with Gasteiger partial charge < -0.3 is 19.6 Å². The number of benzene rings is 2. The number of nitrogens with zero attached hydrogens (tertiary/aromatic N) is 4. The molecule has 0 spiro atoms. The Bertz CT molecular complexity index is 1370. The predicted molar refractivity (Wildman–Crippen MR) is 141 cm³/mol. The van der Waals surface area contributed by atoms with Gasteiger partial charge in [0.15, 0.2) is 0 Å². The Hall–Kier alpha value is -3.44. The van der Waals surface area contributed by atoms with Crippen LogP contribution in [0.15, 0.2) is 58.1 Å². The van der Waals surface area contributed by atoms with Crippen molar-refractivity contribution in [1.82, 2.24) is 9.13 Å². The van der Waals surface area contributed by atoms with Crippen LogP contribution in [0.4, 0.5) is 24.7 Å². The van der Waals surface area contributed by atoms with Crippen molar-refractivity contribution >= 4 is 23.1 Å². The number of anilines is 2. The van der Waals surface area contributed by atoms with Gasteiger partial charge in [-0.15, -0.1) is 13.2 Å². The molecule has 0 radical (unpaired) electrons. The van der Waals surface area contributed by atoms with Crippen LogP contribution < -0.4 is 25.8 Å². The maximum Gasteiger partial charge on any atom is 0.573 e. The fourth-order valence-corrected chi connectivity index (χ4v) is 4.35. The van der Waals surface area contributed by atoms with Gasteiger partial charge in [-0.3, -0.25) is 13.9 Å². The summed E-state index contributed by atoms with van der Waals surface area (Å²) in [5.74, 6) is -0.0880. The van der Waals surface area contributed by atoms with Crippen LogP contribution in [-0.4, -0.2) is 41.3 Å². The zero-order valence-corrected chi connectivity index (χ0v) is 22.3. The molecule has 12 heteroatoms. The maximum atomic E-state index is 13.7. The number of rotatable bonds is 10. The maximum absolute atomic E-state index is 13.7. The number of aromatic nitrogens is 2. The second-order valence-electron chi connectivity index (χ2n) is 8.94. The van der Waals surface area contributed by atoms with Gasteiger partial charge in [-0.25, -0.2) is 4.79 Å². The molecule has 0 bridgehead atoms. The zero-order valence-electron chi connectivity index (χ0n) is 21.5. The second kappa shape index (κ2) is 12.0. The molecule has 3 aromatic rings. The van der Waals surface area contributed by atoms with E-state index in [1.807, 2.05) is 12.1 Å². The smallest absolute Gasteiger partial charge is 0.406 e. The highest BCUT2D eigenvalue weighted by atomic mass is 35.5. The Morgan fingerprint density at radius 3 is 2.37 bits per heavy atom. The van der Waals surface area contributed by atoms with Crippen LogP contribution in [-0.2, 0) is 20.1 Å². The van der Waals surface area contributed by atoms with Gasteiger partial charge in [-0.2, -0.15) is 0 Å². The summed E-state index contributed by atoms with van der Waals surface area (Å²) in [7, 11) is 4.90. The van der Waals surface area contributed by atoms with Crippen LogP contribution in [0.3, 0.4) is 0 Å². The lowest BCUT2D eigenvalue weighted by molar-refractivity contribution is -0.274. The monoisotopic (exact) mass is 554 g/mol. The number of hydrogen-bond donors (Lipinski definition) is 1. The van der Waals surface area contributed by atoms with Crippen LogP contribution in [0, 0.1) is 0 Å². The van der Waals surface area contributed by atoms with Gasteiger partial charge in [-0.05, 0) is 48.7 Å². The lowest BCUT2D eigenvalue weighted by Gasteiger charge is -2.33. The average molecular weight is 555 g/mol. The van der Waals surface area contributed by atoms with Crippen molar-refractivity contribution in [2.75, 3.05) is 30.5 Å². The molecular formula is C26H30ClF3N4O4. The van der Waals surface area contributed by atoms with Gasteiger partial charge >= 0.3 is 12.1 Å². The van der Waals surface area contributed by atoms with E-state index in [1.165, 1.54) is 29.8 Å². The summed E-state index contributed by atoms with van der Waals surface area (Å²) in [6.07, 6.45) is -4.62. The molecule has 0 fully saturated rings. The first-order valence-corrected chi connectivity index (χ1v) is 12.2. The van der Waals surface area contributed by atoms with E-state index in [1.54, 1.807) is 49.0 Å². The molecule has 1 aromatic heterocycles. The average Bonchev–Trinajstić information content (AvgIpc) is 2.85. The third kappa shape index (κ3) is 6.70. The zero-order chi connectivity index (χ0) is 28.2. The van der Waals surface area contributed by atoms with E-state index in [-0.39, 0.29) is 36.8 Å². The summed E-state index contributed by atoms with van der Waals surface area (Å²) in [6.45, 7) is 1.90. The minimum atomic E-state index is -4.84. The molecule has 0 aliphatic heterocycles. The molecule has 0 saturated carbocycles. The van der Waals surface area contributed by atoms with E-state index in [2.05, 4.69) is 4.74 Å². The van der Waals surface area contributed by atoms with E-state index >= 15 is 0 Å². The van der Waals surface area contributed by atoms with Crippen molar-refractivity contribution < 1.29 is 23.0 Å². The Morgan fingerprint density at radius 2 is 1.76 bits per heavy atom. The predicted octanol–water partition coefficient (Wildman–Crippen LogP) is 4.32. The molecule has 1 unspecified atom stereocenters. The standard InChI is InChI=1S/C26H30ClF3N4O4/c1-17(19-7-5-8-21(15-19)38-26(28,29)30)32(3)23-22(31(2)16-18-9-11-20(27)12-10-18)24(36)34(13-6-14-35)25(37)33(23)4/h5,7-12,15,17,35H,6,13-14,16H2,1-4H3. The molecule has 0 saturated heterocycles. The van der Waals surface area contributed by atoms with E-state index in [0.717, 1.165) is 10.1 Å². The summed E-state index contributed by atoms with van der Waals surface area (Å²) < 4.78 is 44.8. The molecule has 38 heavy (non-hydrogen) atoms. The number of halogens is 4. The Labute approximate surface area is 223 Å². The molecule has 2 aromatic carbocycles. The first kappa shape index (κ1) is 29.1. The fraction of sp³-hybridized carbons (Fsp3) is 0.385. The minimum Gasteiger partial charge on any atom is -0.406 e. The van der Waals surface area contributed by atoms with Crippen LogP contribution in [0.2, 0.25) is 5.02 Å². The largest absolute Gasteiger partial charge is 0.573 e.